The number of thiazole rings is 1. The quantitative estimate of drug-likeness (QED) is 0.315. The second kappa shape index (κ2) is 9.05. The molecule has 1 aromatic carbocycles. The van der Waals surface area contributed by atoms with E-state index in [4.69, 9.17) is 4.74 Å². The number of sulfone groups is 1. The molecular weight excluding hydrogens is 517 g/mol. The van der Waals surface area contributed by atoms with E-state index in [2.05, 4.69) is 34.8 Å². The molecule has 0 saturated heterocycles. The Morgan fingerprint density at radius 3 is 2.72 bits per heavy atom. The van der Waals surface area contributed by atoms with Gasteiger partial charge in [-0.05, 0) is 17.7 Å². The van der Waals surface area contributed by atoms with Crippen LogP contribution in [0.1, 0.15) is 16.4 Å². The molecule has 0 fully saturated rings. The van der Waals surface area contributed by atoms with Crippen molar-refractivity contribution in [2.75, 3.05) is 24.8 Å². The van der Waals surface area contributed by atoms with Crippen LogP contribution in [0.25, 0.3) is 10.9 Å². The van der Waals surface area contributed by atoms with Gasteiger partial charge in [0.25, 0.3) is 5.91 Å². The average molecular weight is 547 g/mol. The summed E-state index contributed by atoms with van der Waals surface area (Å²) in [6, 6.07) is 6.53. The molecule has 3 aromatic rings. The maximum atomic E-state index is 13.5. The number of hydrazone groups is 1. The fourth-order valence-corrected chi connectivity index (χ4v) is 7.30. The molecule has 2 aliphatic heterocycles. The van der Waals surface area contributed by atoms with Gasteiger partial charge in [-0.25, -0.2) is 23.1 Å². The predicted molar refractivity (Wildman–Crippen MR) is 143 cm³/mol. The van der Waals surface area contributed by atoms with E-state index in [-0.39, 0.29) is 16.2 Å². The van der Waals surface area contributed by atoms with Gasteiger partial charge in [0.05, 0.1) is 29.1 Å². The Bertz CT molecular complexity index is 1460. The van der Waals surface area contributed by atoms with Gasteiger partial charge in [-0.15, -0.1) is 11.3 Å². The number of benzene rings is 1. The molecule has 4 heterocycles. The van der Waals surface area contributed by atoms with Crippen molar-refractivity contribution in [3.8, 4) is 0 Å². The van der Waals surface area contributed by atoms with Crippen molar-refractivity contribution < 1.29 is 17.9 Å². The monoisotopic (exact) mass is 546 g/mol. The summed E-state index contributed by atoms with van der Waals surface area (Å²) in [5.74, 6) is 0.0818. The zero-order valence-electron chi connectivity index (χ0n) is 21.0. The maximum Gasteiger partial charge on any atom is 0.266 e. The normalized spacial score (nSPS) is 19.9. The number of fused-ring (bicyclic) bond motifs is 4. The standard InChI is InChI=1S/C23H30N6O4S2Si/c1-27-19-17(20-21(27)26-23(34-20)35(2,31)32)12-24-28(22(19)30)13-15-7-6-8-18-16(15)11-25-29(18)14-33-9-10-36(3,4)5/h6-8,11-12,17,19H,9-10,13-14H2,1-5H3. The summed E-state index contributed by atoms with van der Waals surface area (Å²) < 4.78 is 31.7. The minimum Gasteiger partial charge on any atom is -0.360 e. The number of nitrogens with zero attached hydrogens (tertiary/aromatic N) is 6. The van der Waals surface area contributed by atoms with Crippen LogP contribution >= 0.6 is 11.3 Å². The lowest BCUT2D eigenvalue weighted by Gasteiger charge is -2.31. The highest BCUT2D eigenvalue weighted by molar-refractivity contribution is 7.92. The third kappa shape index (κ3) is 4.60. The Labute approximate surface area is 215 Å². The van der Waals surface area contributed by atoms with Crippen LogP contribution in [0.3, 0.4) is 0 Å². The van der Waals surface area contributed by atoms with E-state index in [0.717, 1.165) is 51.6 Å². The molecule has 0 bridgehead atoms. The van der Waals surface area contributed by atoms with Crippen molar-refractivity contribution in [2.24, 2.45) is 5.10 Å². The van der Waals surface area contributed by atoms with Crippen LogP contribution in [0.2, 0.25) is 25.7 Å². The van der Waals surface area contributed by atoms with Crippen LogP contribution in [-0.4, -0.2) is 74.3 Å². The number of hydrogen-bond donors (Lipinski definition) is 0. The van der Waals surface area contributed by atoms with Crippen LogP contribution in [0.5, 0.6) is 0 Å². The van der Waals surface area contributed by atoms with Gasteiger partial charge in [-0.3, -0.25) is 4.79 Å². The number of hydrogen-bond acceptors (Lipinski definition) is 9. The molecule has 2 unspecified atom stereocenters. The van der Waals surface area contributed by atoms with Gasteiger partial charge in [0, 0.05) is 39.6 Å². The highest BCUT2D eigenvalue weighted by Crippen LogP contribution is 2.45. The molecule has 1 amide bonds. The van der Waals surface area contributed by atoms with E-state index in [1.54, 1.807) is 18.2 Å². The number of likely N-dealkylation sites (N-methyl/N-ethyl adjacent to an activating group) is 1. The number of carbonyl (C=O) groups excluding carboxylic acids is 1. The zero-order valence-corrected chi connectivity index (χ0v) is 23.6. The zero-order chi connectivity index (χ0) is 25.8. The molecule has 5 rings (SSSR count). The fraction of sp³-hybridized carbons (Fsp3) is 0.478. The number of carbonyl (C=O) groups is 1. The van der Waals surface area contributed by atoms with Gasteiger partial charge in [-0.2, -0.15) is 10.2 Å². The predicted octanol–water partition coefficient (Wildman–Crippen LogP) is 3.14. The average Bonchev–Trinajstić information content (AvgIpc) is 3.47. The third-order valence-corrected chi connectivity index (χ3v) is 11.0. The Morgan fingerprint density at radius 2 is 2.00 bits per heavy atom. The lowest BCUT2D eigenvalue weighted by atomic mass is 10.00. The summed E-state index contributed by atoms with van der Waals surface area (Å²) in [5.41, 5.74) is 1.89. The molecule has 10 nitrogen and oxygen atoms in total. The van der Waals surface area contributed by atoms with Crippen molar-refractivity contribution in [3.05, 3.63) is 34.8 Å². The Morgan fingerprint density at radius 1 is 1.22 bits per heavy atom. The van der Waals surface area contributed by atoms with Crippen LogP contribution in [0.4, 0.5) is 5.82 Å². The molecule has 2 aromatic heterocycles. The molecule has 13 heteroatoms. The highest BCUT2D eigenvalue weighted by Gasteiger charge is 2.47. The largest absolute Gasteiger partial charge is 0.360 e. The molecule has 2 atom stereocenters. The van der Waals surface area contributed by atoms with Crippen LogP contribution in [0, 0.1) is 0 Å². The SMILES string of the molecule is CN1c2nc(S(C)(=O)=O)sc2C2C=NN(Cc3cccc4c3cnn4COCC[Si](C)(C)C)C(=O)C21. The topological polar surface area (TPSA) is 110 Å². The first kappa shape index (κ1) is 25.1. The molecule has 0 aliphatic carbocycles. The molecule has 0 spiro atoms. The number of ether oxygens (including phenoxy) is 1. The molecular formula is C23H30N6O4S2Si. The molecule has 0 saturated carbocycles. The minimum atomic E-state index is -3.41. The lowest BCUT2D eigenvalue weighted by molar-refractivity contribution is -0.133. The van der Waals surface area contributed by atoms with Gasteiger partial charge in [0.2, 0.25) is 14.2 Å². The second-order valence-electron chi connectivity index (χ2n) is 10.5. The van der Waals surface area contributed by atoms with Crippen LogP contribution in [-0.2, 0) is 32.6 Å². The summed E-state index contributed by atoms with van der Waals surface area (Å²) in [4.78, 5) is 20.3. The van der Waals surface area contributed by atoms with Gasteiger partial charge in [-0.1, -0.05) is 31.8 Å². The number of amides is 1. The Hall–Kier alpha value is -2.61. The lowest BCUT2D eigenvalue weighted by Crippen LogP contribution is -2.48. The number of aromatic nitrogens is 3. The second-order valence-corrected chi connectivity index (χ2v) is 19.4. The van der Waals surface area contributed by atoms with Crippen LogP contribution in [0.15, 0.2) is 33.8 Å². The highest BCUT2D eigenvalue weighted by atomic mass is 32.2. The van der Waals surface area contributed by atoms with E-state index in [1.807, 2.05) is 29.1 Å². The first-order valence-corrected chi connectivity index (χ1v) is 18.2. The minimum absolute atomic E-state index is 0.0641. The van der Waals surface area contributed by atoms with Crippen molar-refractivity contribution in [3.63, 3.8) is 0 Å². The smallest absolute Gasteiger partial charge is 0.266 e. The van der Waals surface area contributed by atoms with Crippen LogP contribution < -0.4 is 4.90 Å². The summed E-state index contributed by atoms with van der Waals surface area (Å²) in [7, 11) is -2.79. The third-order valence-electron chi connectivity index (χ3n) is 6.51. The first-order chi connectivity index (χ1) is 16.9. The Kier molecular flexibility index (Phi) is 6.30. The van der Waals surface area contributed by atoms with Gasteiger partial charge in [0.15, 0.2) is 0 Å². The molecule has 2 aliphatic rings. The van der Waals surface area contributed by atoms with E-state index in [0.29, 0.717) is 19.1 Å². The number of rotatable bonds is 8. The van der Waals surface area contributed by atoms with Gasteiger partial charge >= 0.3 is 0 Å². The van der Waals surface area contributed by atoms with Gasteiger partial charge < -0.3 is 9.64 Å². The molecule has 0 N–H and O–H groups in total. The molecule has 0 radical (unpaired) electrons. The van der Waals surface area contributed by atoms with E-state index >= 15 is 0 Å². The summed E-state index contributed by atoms with van der Waals surface area (Å²) in [6.45, 7) is 8.38. The summed E-state index contributed by atoms with van der Waals surface area (Å²) in [6.07, 6.45) is 4.68. The maximum absolute atomic E-state index is 13.5. The fourth-order valence-electron chi connectivity index (χ4n) is 4.49. The van der Waals surface area contributed by atoms with Crippen molar-refractivity contribution >= 4 is 58.1 Å². The van der Waals surface area contributed by atoms with E-state index in [9.17, 15) is 13.2 Å². The number of anilines is 1. The van der Waals surface area contributed by atoms with Gasteiger partial charge in [0.1, 0.15) is 18.6 Å². The van der Waals surface area contributed by atoms with Crippen molar-refractivity contribution in [1.29, 1.82) is 0 Å². The van der Waals surface area contributed by atoms with Crippen molar-refractivity contribution in [1.82, 2.24) is 19.8 Å². The first-order valence-electron chi connectivity index (χ1n) is 11.7. The molecule has 36 heavy (non-hydrogen) atoms. The Balaban J connectivity index is 1.34. The molecule has 192 valence electrons. The van der Waals surface area contributed by atoms with Crippen molar-refractivity contribution in [2.45, 2.75) is 55.3 Å². The van der Waals surface area contributed by atoms with E-state index in [1.165, 1.54) is 5.01 Å². The van der Waals surface area contributed by atoms with E-state index < -0.39 is 24.0 Å². The summed E-state index contributed by atoms with van der Waals surface area (Å²) >= 11 is 1.12. The summed E-state index contributed by atoms with van der Waals surface area (Å²) in [5, 5.41) is 11.4.